The predicted molar refractivity (Wildman–Crippen MR) is 62.2 cm³/mol. The quantitative estimate of drug-likeness (QED) is 0.860. The van der Waals surface area contributed by atoms with Gasteiger partial charge in [-0.3, -0.25) is 0 Å². The predicted octanol–water partition coefficient (Wildman–Crippen LogP) is 2.66. The third kappa shape index (κ3) is 3.65. The minimum absolute atomic E-state index is 0. The number of alkyl halides is 2. The zero-order valence-electron chi connectivity index (χ0n) is 8.78. The maximum absolute atomic E-state index is 13.4. The third-order valence-corrected chi connectivity index (χ3v) is 2.26. The summed E-state index contributed by atoms with van der Waals surface area (Å²) in [5, 5.41) is 0. The van der Waals surface area contributed by atoms with E-state index in [0.717, 1.165) is 0 Å². The molecule has 0 spiro atoms. The van der Waals surface area contributed by atoms with Crippen LogP contribution in [0, 0.1) is 0 Å². The van der Waals surface area contributed by atoms with E-state index >= 15 is 0 Å². The van der Waals surface area contributed by atoms with Crippen LogP contribution in [0.2, 0.25) is 0 Å². The van der Waals surface area contributed by atoms with E-state index in [1.807, 2.05) is 0 Å². The molecule has 0 saturated carbocycles. The lowest BCUT2D eigenvalue weighted by molar-refractivity contribution is -0.175. The van der Waals surface area contributed by atoms with E-state index in [2.05, 4.69) is 20.7 Å². The maximum Gasteiger partial charge on any atom is 0.379 e. The molecule has 1 aromatic rings. The Bertz CT molecular complexity index is 386. The Kier molecular flexibility index (Phi) is 6.08. The first-order valence-electron chi connectivity index (χ1n) is 4.45. The number of halogens is 4. The molecule has 0 unspecified atom stereocenters. The summed E-state index contributed by atoms with van der Waals surface area (Å²) in [5.41, 5.74) is 5.25. The number of ether oxygens (including phenoxy) is 1. The minimum atomic E-state index is -3.81. The van der Waals surface area contributed by atoms with Gasteiger partial charge in [0, 0.05) is 0 Å². The van der Waals surface area contributed by atoms with Crippen LogP contribution in [-0.4, -0.2) is 18.5 Å². The van der Waals surface area contributed by atoms with Gasteiger partial charge in [-0.1, -0.05) is 0 Å². The van der Waals surface area contributed by atoms with Crippen molar-refractivity contribution in [1.29, 1.82) is 0 Å². The van der Waals surface area contributed by atoms with E-state index in [9.17, 15) is 13.6 Å². The van der Waals surface area contributed by atoms with Gasteiger partial charge in [-0.05, 0) is 35.0 Å². The summed E-state index contributed by atoms with van der Waals surface area (Å²) in [6.45, 7) is 1.30. The molecule has 1 rings (SSSR count). The molecule has 8 heteroatoms. The number of nitrogens with two attached hydrogens (primary N) is 1. The van der Waals surface area contributed by atoms with Gasteiger partial charge in [0.2, 0.25) is 0 Å². The normalized spacial score (nSPS) is 12.8. The summed E-state index contributed by atoms with van der Waals surface area (Å²) in [6, 6.07) is 0.816. The lowest BCUT2D eigenvalue weighted by atomic mass is 10.1. The molecular formula is C9H11BrClF2NO3. The van der Waals surface area contributed by atoms with Crippen LogP contribution in [0.3, 0.4) is 0 Å². The number of carbonyl (C=O) groups excluding carboxylic acids is 1. The molecule has 4 nitrogen and oxygen atoms in total. The molecule has 0 amide bonds. The molecule has 1 atom stereocenters. The standard InChI is InChI=1S/C9H10BrF2NO3.ClH/c1-2-15-8(14)9(11,12)7(13)5-3-4-6(10)16-5;/h3-4,7H,2,13H2,1H3;1H/t7-;/m1./s1. The zero-order chi connectivity index (χ0) is 12.3. The Morgan fingerprint density at radius 2 is 2.24 bits per heavy atom. The first-order valence-corrected chi connectivity index (χ1v) is 5.24. The van der Waals surface area contributed by atoms with Crippen LogP contribution >= 0.6 is 28.3 Å². The average Bonchev–Trinajstić information content (AvgIpc) is 2.64. The van der Waals surface area contributed by atoms with E-state index in [1.54, 1.807) is 0 Å². The van der Waals surface area contributed by atoms with E-state index in [1.165, 1.54) is 19.1 Å². The van der Waals surface area contributed by atoms with E-state index in [0.29, 0.717) is 0 Å². The lowest BCUT2D eigenvalue weighted by Crippen LogP contribution is -2.41. The largest absolute Gasteiger partial charge is 0.462 e. The highest BCUT2D eigenvalue weighted by Gasteiger charge is 2.49. The fraction of sp³-hybridized carbons (Fsp3) is 0.444. The number of furan rings is 1. The molecule has 17 heavy (non-hydrogen) atoms. The Morgan fingerprint density at radius 3 is 2.65 bits per heavy atom. The summed E-state index contributed by atoms with van der Waals surface area (Å²) in [6.07, 6.45) is 0. The van der Waals surface area contributed by atoms with Crippen LogP contribution in [-0.2, 0) is 9.53 Å². The van der Waals surface area contributed by atoms with E-state index < -0.39 is 17.9 Å². The molecule has 0 aliphatic carbocycles. The monoisotopic (exact) mass is 333 g/mol. The van der Waals surface area contributed by atoms with Crippen LogP contribution in [0.4, 0.5) is 8.78 Å². The molecule has 0 fully saturated rings. The Balaban J connectivity index is 0.00000256. The molecule has 0 radical (unpaired) electrons. The number of rotatable bonds is 4. The second-order valence-corrected chi connectivity index (χ2v) is 3.74. The van der Waals surface area contributed by atoms with Crippen molar-refractivity contribution in [2.24, 2.45) is 5.73 Å². The first kappa shape index (κ1) is 16.3. The smallest absolute Gasteiger partial charge is 0.379 e. The van der Waals surface area contributed by atoms with Crippen molar-refractivity contribution in [3.8, 4) is 0 Å². The van der Waals surface area contributed by atoms with Gasteiger partial charge in [0.05, 0.1) is 6.61 Å². The van der Waals surface area contributed by atoms with Gasteiger partial charge < -0.3 is 14.9 Å². The van der Waals surface area contributed by atoms with Crippen molar-refractivity contribution < 1.29 is 22.7 Å². The summed E-state index contributed by atoms with van der Waals surface area (Å²) >= 11 is 2.95. The molecular weight excluding hydrogens is 323 g/mol. The van der Waals surface area contributed by atoms with Gasteiger partial charge >= 0.3 is 11.9 Å². The lowest BCUT2D eigenvalue weighted by Gasteiger charge is -2.19. The van der Waals surface area contributed by atoms with Gasteiger partial charge in [0.15, 0.2) is 4.67 Å². The maximum atomic E-state index is 13.4. The fourth-order valence-corrected chi connectivity index (χ4v) is 1.35. The van der Waals surface area contributed by atoms with Crippen LogP contribution in [0.1, 0.15) is 18.7 Å². The molecule has 0 saturated heterocycles. The highest BCUT2D eigenvalue weighted by molar-refractivity contribution is 9.10. The van der Waals surface area contributed by atoms with Crippen LogP contribution < -0.4 is 5.73 Å². The number of esters is 1. The topological polar surface area (TPSA) is 65.5 Å². The molecule has 1 heterocycles. The van der Waals surface area contributed by atoms with Gasteiger partial charge in [-0.25, -0.2) is 4.79 Å². The minimum Gasteiger partial charge on any atom is -0.462 e. The van der Waals surface area contributed by atoms with Crippen molar-refractivity contribution >= 4 is 34.3 Å². The Morgan fingerprint density at radius 1 is 1.65 bits per heavy atom. The zero-order valence-corrected chi connectivity index (χ0v) is 11.2. The van der Waals surface area contributed by atoms with Crippen molar-refractivity contribution in [3.63, 3.8) is 0 Å². The van der Waals surface area contributed by atoms with Gasteiger partial charge in [0.25, 0.3) is 0 Å². The van der Waals surface area contributed by atoms with E-state index in [4.69, 9.17) is 10.2 Å². The number of hydrogen-bond acceptors (Lipinski definition) is 4. The second-order valence-electron chi connectivity index (χ2n) is 2.96. The fourth-order valence-electron chi connectivity index (χ4n) is 1.03. The highest BCUT2D eigenvalue weighted by atomic mass is 79.9. The molecule has 0 aliphatic rings. The van der Waals surface area contributed by atoms with Gasteiger partial charge in [0.1, 0.15) is 11.8 Å². The summed E-state index contributed by atoms with van der Waals surface area (Å²) in [5.74, 6) is -5.66. The molecule has 0 aliphatic heterocycles. The molecule has 2 N–H and O–H groups in total. The first-order chi connectivity index (χ1) is 7.39. The average molecular weight is 335 g/mol. The molecule has 0 bridgehead atoms. The van der Waals surface area contributed by atoms with Crippen LogP contribution in [0.25, 0.3) is 0 Å². The number of carbonyl (C=O) groups is 1. The number of hydrogen-bond donors (Lipinski definition) is 1. The summed E-state index contributed by atoms with van der Waals surface area (Å²) in [4.78, 5) is 11.0. The van der Waals surface area contributed by atoms with Crippen molar-refractivity contribution in [1.82, 2.24) is 0 Å². The van der Waals surface area contributed by atoms with Crippen molar-refractivity contribution in [2.75, 3.05) is 6.61 Å². The SMILES string of the molecule is CCOC(=O)C(F)(F)[C@H](N)c1ccc(Br)o1.Cl. The highest BCUT2D eigenvalue weighted by Crippen LogP contribution is 2.32. The Labute approximate surface area is 111 Å². The van der Waals surface area contributed by atoms with Crippen LogP contribution in [0.15, 0.2) is 21.2 Å². The van der Waals surface area contributed by atoms with Crippen molar-refractivity contribution in [2.45, 2.75) is 18.9 Å². The summed E-state index contributed by atoms with van der Waals surface area (Å²) < 4.78 is 36.2. The van der Waals surface area contributed by atoms with Gasteiger partial charge in [-0.2, -0.15) is 8.78 Å². The summed E-state index contributed by atoms with van der Waals surface area (Å²) in [7, 11) is 0. The second kappa shape index (κ2) is 6.32. The van der Waals surface area contributed by atoms with Gasteiger partial charge in [-0.15, -0.1) is 12.4 Å². The third-order valence-electron chi connectivity index (χ3n) is 1.84. The molecule has 98 valence electrons. The van der Waals surface area contributed by atoms with Crippen molar-refractivity contribution in [3.05, 3.63) is 22.6 Å². The Hall–Kier alpha value is -0.660. The molecule has 0 aromatic carbocycles. The molecule has 1 aromatic heterocycles. The van der Waals surface area contributed by atoms with E-state index in [-0.39, 0.29) is 29.4 Å². The van der Waals surface area contributed by atoms with Crippen LogP contribution in [0.5, 0.6) is 0 Å².